The van der Waals surface area contributed by atoms with Gasteiger partial charge in [0, 0.05) is 40.4 Å². The maximum absolute atomic E-state index is 12.6. The van der Waals surface area contributed by atoms with Crippen LogP contribution in [0.1, 0.15) is 75.5 Å². The van der Waals surface area contributed by atoms with E-state index in [0.29, 0.717) is 80.4 Å². The number of hydrogen-bond donors (Lipinski definition) is 5. The van der Waals surface area contributed by atoms with Gasteiger partial charge in [-0.1, -0.05) is 54.3 Å². The van der Waals surface area contributed by atoms with E-state index in [0.717, 1.165) is 17.0 Å². The van der Waals surface area contributed by atoms with E-state index in [1.807, 2.05) is 43.0 Å². The number of methoxy groups -OCH3 is 3. The molecule has 2 aliphatic heterocycles. The van der Waals surface area contributed by atoms with Gasteiger partial charge in [-0.3, -0.25) is 14.4 Å². The van der Waals surface area contributed by atoms with Crippen molar-refractivity contribution in [3.05, 3.63) is 69.0 Å². The maximum Gasteiger partial charge on any atom is 0.295 e. The van der Waals surface area contributed by atoms with E-state index in [-0.39, 0.29) is 59.5 Å². The number of carbonyl (C=O) groups excluding carboxylic acids is 3. The molecule has 6 heterocycles. The highest BCUT2D eigenvalue weighted by atomic mass is 35.5. The molecule has 2 aliphatic rings. The van der Waals surface area contributed by atoms with Crippen LogP contribution in [0.3, 0.4) is 0 Å². The molecule has 3 amide bonds. The summed E-state index contributed by atoms with van der Waals surface area (Å²) in [5.74, 6) is 0.686. The van der Waals surface area contributed by atoms with E-state index in [2.05, 4.69) is 66.6 Å². The molecule has 0 unspecified atom stereocenters. The number of aryl methyl sites for hydroxylation is 2. The summed E-state index contributed by atoms with van der Waals surface area (Å²) in [5, 5.41) is 32.4. The van der Waals surface area contributed by atoms with Crippen molar-refractivity contribution in [3.63, 3.8) is 0 Å². The number of anilines is 1. The van der Waals surface area contributed by atoms with E-state index in [9.17, 15) is 14.4 Å². The first-order valence-electron chi connectivity index (χ1n) is 18.9. The Bertz CT molecular complexity index is 2160. The monoisotopic (exact) mass is 856 g/mol. The summed E-state index contributed by atoms with van der Waals surface area (Å²) in [6.07, 6.45) is 1.88. The highest BCUT2D eigenvalue weighted by molar-refractivity contribution is 6.30. The van der Waals surface area contributed by atoms with E-state index in [4.69, 9.17) is 37.4 Å². The van der Waals surface area contributed by atoms with Crippen LogP contribution in [0.2, 0.25) is 10.3 Å². The maximum atomic E-state index is 12.6. The molecular weight excluding hydrogens is 811 g/mol. The number of tetrazole rings is 2. The number of H-pyrrole nitrogens is 3. The van der Waals surface area contributed by atoms with E-state index < -0.39 is 0 Å². The Kier molecular flexibility index (Phi) is 14.4. The predicted octanol–water partition coefficient (Wildman–Crippen LogP) is 1.49. The van der Waals surface area contributed by atoms with Crippen molar-refractivity contribution >= 4 is 46.9 Å². The smallest absolute Gasteiger partial charge is 0.295 e. The number of likely N-dealkylation sites (tertiary alicyclic amines) is 1. The van der Waals surface area contributed by atoms with Gasteiger partial charge in [-0.05, 0) is 53.8 Å². The molecule has 0 radical (unpaired) electrons. The number of benzene rings is 1. The Morgan fingerprint density at radius 2 is 1.42 bits per heavy atom. The minimum atomic E-state index is -0.375. The van der Waals surface area contributed by atoms with Crippen LogP contribution in [-0.2, 0) is 28.9 Å². The average molecular weight is 858 g/mol. The number of piperidine rings is 2. The molecule has 0 bridgehead atoms. The fraction of sp³-hybridized carbons (Fsp3) is 0.514. The number of halogens is 2. The zero-order valence-electron chi connectivity index (χ0n) is 33.1. The van der Waals surface area contributed by atoms with Crippen LogP contribution in [0.5, 0.6) is 5.75 Å². The third kappa shape index (κ3) is 10.5. The highest BCUT2D eigenvalue weighted by Gasteiger charge is 2.35. The summed E-state index contributed by atoms with van der Waals surface area (Å²) >= 11 is 12.0. The number of amides is 3. The van der Waals surface area contributed by atoms with Crippen LogP contribution in [0.25, 0.3) is 0 Å². The number of ether oxygens (including phenoxy) is 3. The molecule has 316 valence electrons. The van der Waals surface area contributed by atoms with E-state index in [1.165, 1.54) is 7.11 Å². The zero-order valence-corrected chi connectivity index (χ0v) is 34.6. The van der Waals surface area contributed by atoms with Crippen molar-refractivity contribution in [2.45, 2.75) is 70.4 Å². The molecule has 5 aromatic rings. The highest BCUT2D eigenvalue weighted by Crippen LogP contribution is 2.21. The molecule has 0 spiro atoms. The van der Waals surface area contributed by atoms with Crippen LogP contribution in [0.15, 0.2) is 24.3 Å². The average Bonchev–Trinajstić information content (AvgIpc) is 4.09. The lowest BCUT2D eigenvalue weighted by Gasteiger charge is -2.37. The third-order valence-corrected chi connectivity index (χ3v) is 10.6. The molecule has 24 heteroatoms. The van der Waals surface area contributed by atoms with Crippen LogP contribution in [-0.4, -0.2) is 155 Å². The van der Waals surface area contributed by atoms with E-state index >= 15 is 0 Å². The number of carbonyl (C=O) groups is 3. The number of hydrogen-bond acceptors (Lipinski definition) is 15. The Balaban J connectivity index is 0.000000204. The van der Waals surface area contributed by atoms with Gasteiger partial charge < -0.3 is 44.6 Å². The van der Waals surface area contributed by atoms with Gasteiger partial charge in [-0.25, -0.2) is 9.97 Å². The molecule has 2 saturated heterocycles. The first-order valence-corrected chi connectivity index (χ1v) is 19.6. The van der Waals surface area contributed by atoms with Gasteiger partial charge >= 0.3 is 0 Å². The molecule has 2 fully saturated rings. The van der Waals surface area contributed by atoms with Crippen LogP contribution in [0, 0.1) is 0 Å². The SMILES string of the molecule is CCc1[nH]c(C(=O)N[C@H]2CCN(C(=O)c3nn[nH]n3)C[C@H]2OC)nc1Cl.CCc1[nH]c(C(=O)N[C@H]2CCN(c3nnn(Cc4ccc(OC)cc4)n3)C[C@H]2OC)nc1Cl. The largest absolute Gasteiger partial charge is 0.497 e. The number of aromatic nitrogens is 12. The minimum Gasteiger partial charge on any atom is -0.497 e. The second-order valence-electron chi connectivity index (χ2n) is 13.6. The number of nitrogens with one attached hydrogen (secondary N) is 5. The van der Waals surface area contributed by atoms with E-state index in [1.54, 1.807) is 23.9 Å². The standard InChI is InChI=1S/C21H27ClN8O3.C14H19ClN8O3/c1-4-15-18(22)25-19(23-15)20(31)24-16-9-10-29(12-17(16)33-3)21-26-28-30(27-21)11-13-5-7-14(32-2)8-6-13;1-3-7-10(15)18-11(16-7)13(24)17-8-4-5-23(6-9(8)26-2)14(25)12-19-21-22-20-12/h5-8,16-17H,4,9-12H2,1-3H3,(H,23,25)(H,24,31);8-9H,3-6H2,1-2H3,(H,16,18)(H,17,24)(H,19,20,21,22)/t16-,17+;8-,9+/m00/s1. The minimum absolute atomic E-state index is 0.000314. The normalized spacial score (nSPS) is 19.2. The summed E-state index contributed by atoms with van der Waals surface area (Å²) in [7, 11) is 4.79. The molecule has 4 atom stereocenters. The lowest BCUT2D eigenvalue weighted by atomic mass is 10.0. The number of nitrogens with zero attached hydrogens (tertiary/aromatic N) is 11. The molecule has 0 aliphatic carbocycles. The fourth-order valence-electron chi connectivity index (χ4n) is 6.66. The Morgan fingerprint density at radius 3 is 1.95 bits per heavy atom. The summed E-state index contributed by atoms with van der Waals surface area (Å²) < 4.78 is 16.3. The number of aromatic amines is 3. The second-order valence-corrected chi connectivity index (χ2v) is 14.3. The zero-order chi connectivity index (χ0) is 42.1. The molecule has 5 N–H and O–H groups in total. The molecule has 4 aromatic heterocycles. The molecule has 22 nitrogen and oxygen atoms in total. The lowest BCUT2D eigenvalue weighted by Crippen LogP contribution is -2.56. The van der Waals surface area contributed by atoms with Gasteiger partial charge in [0.15, 0.2) is 22.0 Å². The summed E-state index contributed by atoms with van der Waals surface area (Å²) in [6, 6.07) is 7.28. The number of imidazole rings is 2. The van der Waals surface area contributed by atoms with Gasteiger partial charge in [0.2, 0.25) is 0 Å². The Labute approximate surface area is 348 Å². The lowest BCUT2D eigenvalue weighted by molar-refractivity contribution is 0.00740. The predicted molar refractivity (Wildman–Crippen MR) is 211 cm³/mol. The van der Waals surface area contributed by atoms with Crippen molar-refractivity contribution in [2.24, 2.45) is 0 Å². The van der Waals surface area contributed by atoms with Crippen LogP contribution in [0.4, 0.5) is 5.95 Å². The molecule has 1 aromatic carbocycles. The van der Waals surface area contributed by atoms with Gasteiger partial charge in [-0.2, -0.15) is 10.0 Å². The topological polar surface area (TPSA) is 265 Å². The van der Waals surface area contributed by atoms with Gasteiger partial charge in [0.1, 0.15) is 5.75 Å². The number of rotatable bonds is 13. The molecule has 7 rings (SSSR count). The van der Waals surface area contributed by atoms with Gasteiger partial charge in [0.05, 0.1) is 49.3 Å². The first kappa shape index (κ1) is 42.9. The fourth-order valence-corrected chi connectivity index (χ4v) is 7.19. The molecule has 59 heavy (non-hydrogen) atoms. The third-order valence-electron chi connectivity index (χ3n) is 9.98. The molecular formula is C35H46Cl2N16O6. The Hall–Kier alpha value is -5.71. The van der Waals surface area contributed by atoms with Gasteiger partial charge in [0.25, 0.3) is 29.5 Å². The van der Waals surface area contributed by atoms with Crippen LogP contribution < -0.4 is 20.3 Å². The van der Waals surface area contributed by atoms with Crippen molar-refractivity contribution in [1.29, 1.82) is 0 Å². The quantitative estimate of drug-likeness (QED) is 0.112. The summed E-state index contributed by atoms with van der Waals surface area (Å²) in [5.41, 5.74) is 2.49. The first-order chi connectivity index (χ1) is 28.5. The van der Waals surface area contributed by atoms with Crippen molar-refractivity contribution in [1.82, 2.24) is 76.3 Å². The van der Waals surface area contributed by atoms with Crippen molar-refractivity contribution < 1.29 is 28.6 Å². The van der Waals surface area contributed by atoms with Crippen LogP contribution >= 0.6 is 23.2 Å². The van der Waals surface area contributed by atoms with Crippen molar-refractivity contribution in [3.8, 4) is 5.75 Å². The van der Waals surface area contributed by atoms with Crippen molar-refractivity contribution in [2.75, 3.05) is 52.4 Å². The summed E-state index contributed by atoms with van der Waals surface area (Å²) in [4.78, 5) is 56.6. The molecule has 0 saturated carbocycles. The Morgan fingerprint density at radius 1 is 0.831 bits per heavy atom. The second kappa shape index (κ2) is 19.8. The summed E-state index contributed by atoms with van der Waals surface area (Å²) in [6.45, 7) is 6.26. The van der Waals surface area contributed by atoms with Gasteiger partial charge in [-0.15, -0.1) is 15.3 Å².